The Bertz CT molecular complexity index is 334. The van der Waals surface area contributed by atoms with Crippen molar-refractivity contribution in [3.8, 4) is 0 Å². The number of piperidine rings is 1. The first-order valence-electron chi connectivity index (χ1n) is 7.77. The molecule has 0 spiro atoms. The molecule has 2 heterocycles. The van der Waals surface area contributed by atoms with Crippen LogP contribution >= 0.6 is 0 Å². The van der Waals surface area contributed by atoms with Crippen molar-refractivity contribution >= 4 is 5.97 Å². The van der Waals surface area contributed by atoms with Crippen molar-refractivity contribution in [2.75, 3.05) is 20.2 Å². The summed E-state index contributed by atoms with van der Waals surface area (Å²) in [4.78, 5) is 14.0. The average molecular weight is 284 g/mol. The molecule has 0 radical (unpaired) electrons. The number of carbonyl (C=O) groups is 1. The number of rotatable bonds is 6. The zero-order valence-corrected chi connectivity index (χ0v) is 12.9. The second-order valence-electron chi connectivity index (χ2n) is 6.50. The summed E-state index contributed by atoms with van der Waals surface area (Å²) < 4.78 is 4.71. The van der Waals surface area contributed by atoms with E-state index in [9.17, 15) is 9.90 Å². The molecule has 5 nitrogen and oxygen atoms in total. The molecule has 2 N–H and O–H groups in total. The second kappa shape index (κ2) is 6.41. The molecule has 2 rings (SSSR count). The molecular weight excluding hydrogens is 256 g/mol. The molecule has 0 aromatic rings. The topological polar surface area (TPSA) is 61.8 Å². The van der Waals surface area contributed by atoms with Gasteiger partial charge in [0.25, 0.3) is 0 Å². The quantitative estimate of drug-likeness (QED) is 0.710. The Morgan fingerprint density at radius 1 is 1.40 bits per heavy atom. The van der Waals surface area contributed by atoms with Crippen molar-refractivity contribution in [1.29, 1.82) is 0 Å². The standard InChI is InChI=1S/C15H28N2O3/c1-4-7-17(10-15(2,19)14(18)20-3)13-8-11-5-6-12(9-13)16-11/h11-13,16,19H,4-10H2,1-3H3. The van der Waals surface area contributed by atoms with Crippen LogP contribution in [0.2, 0.25) is 0 Å². The van der Waals surface area contributed by atoms with Gasteiger partial charge in [0.2, 0.25) is 0 Å². The smallest absolute Gasteiger partial charge is 0.338 e. The summed E-state index contributed by atoms with van der Waals surface area (Å²) in [5.41, 5.74) is -1.42. The Morgan fingerprint density at radius 2 is 2.00 bits per heavy atom. The molecular formula is C15H28N2O3. The predicted octanol–water partition coefficient (Wildman–Crippen LogP) is 0.905. The summed E-state index contributed by atoms with van der Waals surface area (Å²) in [6.45, 7) is 4.96. The summed E-state index contributed by atoms with van der Waals surface area (Å²) in [6.07, 6.45) is 5.78. The molecule has 0 aliphatic carbocycles. The molecule has 2 aliphatic rings. The van der Waals surface area contributed by atoms with Crippen molar-refractivity contribution < 1.29 is 14.6 Å². The van der Waals surface area contributed by atoms with Crippen LogP contribution in [0, 0.1) is 0 Å². The first-order valence-corrected chi connectivity index (χ1v) is 7.77. The van der Waals surface area contributed by atoms with Crippen molar-refractivity contribution in [3.05, 3.63) is 0 Å². The Kier molecular flexibility index (Phi) is 5.04. The minimum Gasteiger partial charge on any atom is -0.467 e. The van der Waals surface area contributed by atoms with Gasteiger partial charge in [0, 0.05) is 24.7 Å². The van der Waals surface area contributed by atoms with Crippen LogP contribution in [-0.2, 0) is 9.53 Å². The van der Waals surface area contributed by atoms with E-state index in [4.69, 9.17) is 4.74 Å². The first kappa shape index (κ1) is 15.7. The number of nitrogens with zero attached hydrogens (tertiary/aromatic N) is 1. The number of methoxy groups -OCH3 is 1. The van der Waals surface area contributed by atoms with Gasteiger partial charge in [0.15, 0.2) is 5.60 Å². The van der Waals surface area contributed by atoms with E-state index in [1.165, 1.54) is 20.0 Å². The molecule has 3 unspecified atom stereocenters. The van der Waals surface area contributed by atoms with Crippen LogP contribution < -0.4 is 5.32 Å². The number of fused-ring (bicyclic) bond motifs is 2. The van der Waals surface area contributed by atoms with Gasteiger partial charge < -0.3 is 15.2 Å². The lowest BCUT2D eigenvalue weighted by Crippen LogP contribution is -2.54. The summed E-state index contributed by atoms with van der Waals surface area (Å²) >= 11 is 0. The van der Waals surface area contributed by atoms with Crippen LogP contribution in [0.5, 0.6) is 0 Å². The van der Waals surface area contributed by atoms with Crippen molar-refractivity contribution in [1.82, 2.24) is 10.2 Å². The maximum Gasteiger partial charge on any atom is 0.338 e. The number of aliphatic hydroxyl groups is 1. The monoisotopic (exact) mass is 284 g/mol. The number of ether oxygens (including phenoxy) is 1. The lowest BCUT2D eigenvalue weighted by atomic mass is 9.96. The van der Waals surface area contributed by atoms with Crippen molar-refractivity contribution in [2.45, 2.75) is 69.7 Å². The highest BCUT2D eigenvalue weighted by Crippen LogP contribution is 2.30. The molecule has 2 bridgehead atoms. The zero-order valence-electron chi connectivity index (χ0n) is 12.9. The molecule has 2 fully saturated rings. The third-order valence-electron chi connectivity index (χ3n) is 4.61. The largest absolute Gasteiger partial charge is 0.467 e. The lowest BCUT2D eigenvalue weighted by molar-refractivity contribution is -0.163. The van der Waals surface area contributed by atoms with Gasteiger partial charge in [-0.1, -0.05) is 6.92 Å². The number of nitrogens with one attached hydrogen (secondary N) is 1. The Hall–Kier alpha value is -0.650. The van der Waals surface area contributed by atoms with Gasteiger partial charge in [-0.3, -0.25) is 4.90 Å². The number of hydrogen-bond acceptors (Lipinski definition) is 5. The first-order chi connectivity index (χ1) is 9.46. The van der Waals surface area contributed by atoms with Gasteiger partial charge in [0.1, 0.15) is 0 Å². The van der Waals surface area contributed by atoms with Crippen LogP contribution in [-0.4, -0.2) is 59.9 Å². The maximum absolute atomic E-state index is 11.7. The fourth-order valence-electron chi connectivity index (χ4n) is 3.68. The van der Waals surface area contributed by atoms with E-state index in [2.05, 4.69) is 17.1 Å². The molecule has 116 valence electrons. The van der Waals surface area contributed by atoms with Gasteiger partial charge in [-0.25, -0.2) is 4.79 Å². The molecule has 2 saturated heterocycles. The third kappa shape index (κ3) is 3.51. The molecule has 20 heavy (non-hydrogen) atoms. The normalized spacial score (nSPS) is 32.1. The van der Waals surface area contributed by atoms with Crippen LogP contribution in [0.1, 0.15) is 46.0 Å². The van der Waals surface area contributed by atoms with E-state index in [-0.39, 0.29) is 0 Å². The number of esters is 1. The summed E-state index contributed by atoms with van der Waals surface area (Å²) in [5, 5.41) is 14.0. The highest BCUT2D eigenvalue weighted by molar-refractivity contribution is 5.78. The molecule has 3 atom stereocenters. The van der Waals surface area contributed by atoms with Crippen LogP contribution in [0.15, 0.2) is 0 Å². The van der Waals surface area contributed by atoms with Gasteiger partial charge in [-0.15, -0.1) is 0 Å². The molecule has 2 aliphatic heterocycles. The van der Waals surface area contributed by atoms with Gasteiger partial charge in [-0.05, 0) is 45.6 Å². The van der Waals surface area contributed by atoms with Crippen molar-refractivity contribution in [2.24, 2.45) is 0 Å². The Morgan fingerprint density at radius 3 is 2.50 bits per heavy atom. The zero-order chi connectivity index (χ0) is 14.8. The molecule has 0 amide bonds. The van der Waals surface area contributed by atoms with E-state index >= 15 is 0 Å². The van der Waals surface area contributed by atoms with E-state index in [1.807, 2.05) is 0 Å². The minimum absolute atomic E-state index is 0.359. The maximum atomic E-state index is 11.7. The van der Waals surface area contributed by atoms with Crippen molar-refractivity contribution in [3.63, 3.8) is 0 Å². The number of carbonyl (C=O) groups excluding carboxylic acids is 1. The molecule has 0 saturated carbocycles. The summed E-state index contributed by atoms with van der Waals surface area (Å²) in [6, 6.07) is 1.69. The minimum atomic E-state index is -1.42. The SMILES string of the molecule is CCCN(CC(C)(O)C(=O)OC)C1CC2CCC(C1)N2. The average Bonchev–Trinajstić information content (AvgIpc) is 2.75. The van der Waals surface area contributed by atoms with E-state index in [0.717, 1.165) is 25.8 Å². The summed E-state index contributed by atoms with van der Waals surface area (Å²) in [7, 11) is 1.33. The summed E-state index contributed by atoms with van der Waals surface area (Å²) in [5.74, 6) is -0.546. The predicted molar refractivity (Wildman–Crippen MR) is 77.5 cm³/mol. The molecule has 0 aromatic heterocycles. The van der Waals surface area contributed by atoms with Gasteiger partial charge in [0.05, 0.1) is 7.11 Å². The Balaban J connectivity index is 2.01. The fourth-order valence-corrected chi connectivity index (χ4v) is 3.68. The highest BCUT2D eigenvalue weighted by atomic mass is 16.5. The van der Waals surface area contributed by atoms with Gasteiger partial charge in [-0.2, -0.15) is 0 Å². The third-order valence-corrected chi connectivity index (χ3v) is 4.61. The van der Waals surface area contributed by atoms with E-state index in [0.29, 0.717) is 24.7 Å². The molecule has 5 heteroatoms. The van der Waals surface area contributed by atoms with E-state index in [1.54, 1.807) is 6.92 Å². The second-order valence-corrected chi connectivity index (χ2v) is 6.50. The molecule has 0 aromatic carbocycles. The lowest BCUT2D eigenvalue weighted by Gasteiger charge is -2.40. The van der Waals surface area contributed by atoms with Crippen LogP contribution in [0.4, 0.5) is 0 Å². The fraction of sp³-hybridized carbons (Fsp3) is 0.933. The van der Waals surface area contributed by atoms with E-state index < -0.39 is 11.6 Å². The van der Waals surface area contributed by atoms with Crippen LogP contribution in [0.25, 0.3) is 0 Å². The van der Waals surface area contributed by atoms with Gasteiger partial charge >= 0.3 is 5.97 Å². The van der Waals surface area contributed by atoms with Crippen LogP contribution in [0.3, 0.4) is 0 Å². The highest BCUT2D eigenvalue weighted by Gasteiger charge is 2.40. The Labute approximate surface area is 121 Å². The number of hydrogen-bond donors (Lipinski definition) is 2.